The van der Waals surface area contributed by atoms with Crippen LogP contribution in [-0.4, -0.2) is 4.89 Å². The van der Waals surface area contributed by atoms with Crippen LogP contribution in [0.4, 0.5) is 0 Å². The Kier molecular flexibility index (Phi) is 1.90. The first-order valence-electron chi connectivity index (χ1n) is 2.70. The smallest absolute Gasteiger partial charge is 0.162 e. The molecule has 1 unspecified atom stereocenters. The van der Waals surface area contributed by atoms with Gasteiger partial charge in [-0.2, -0.15) is 0 Å². The van der Waals surface area contributed by atoms with Crippen molar-refractivity contribution in [2.45, 2.75) is 0 Å². The predicted octanol–water partition coefficient (Wildman–Crippen LogP) is -0.142. The topological polar surface area (TPSA) is 60.4 Å². The van der Waals surface area contributed by atoms with E-state index in [-0.39, 0.29) is 5.30 Å². The zero-order chi connectivity index (χ0) is 7.61. The van der Waals surface area contributed by atoms with Crippen LogP contribution in [0.2, 0.25) is 0 Å². The van der Waals surface area contributed by atoms with Crippen molar-refractivity contribution in [2.24, 2.45) is 0 Å². The van der Waals surface area contributed by atoms with Crippen molar-refractivity contribution < 1.29 is 14.4 Å². The van der Waals surface area contributed by atoms with Crippen molar-refractivity contribution in [3.05, 3.63) is 30.3 Å². The Morgan fingerprint density at radius 1 is 1.30 bits per heavy atom. The molecule has 0 aliphatic carbocycles. The Bertz CT molecular complexity index is 251. The molecule has 1 aromatic rings. The molecule has 1 rings (SSSR count). The highest BCUT2D eigenvalue weighted by Crippen LogP contribution is 2.26. The van der Waals surface area contributed by atoms with E-state index in [1.807, 2.05) is 0 Å². The van der Waals surface area contributed by atoms with E-state index in [1.165, 1.54) is 12.1 Å². The van der Waals surface area contributed by atoms with E-state index < -0.39 is 7.60 Å². The van der Waals surface area contributed by atoms with Crippen molar-refractivity contribution >= 4 is 12.9 Å². The molecule has 1 atom stereocenters. The maximum absolute atomic E-state index is 10.4. The van der Waals surface area contributed by atoms with Crippen molar-refractivity contribution in [3.63, 3.8) is 0 Å². The summed E-state index contributed by atoms with van der Waals surface area (Å²) in [7, 11) is -4.27. The third-order valence-corrected chi connectivity index (χ3v) is 2.03. The minimum absolute atomic E-state index is 0.0463. The van der Waals surface area contributed by atoms with Crippen LogP contribution in [-0.2, 0) is 4.57 Å². The number of benzene rings is 1. The lowest BCUT2D eigenvalue weighted by Crippen LogP contribution is -2.13. The fourth-order valence-corrected chi connectivity index (χ4v) is 1.17. The highest BCUT2D eigenvalue weighted by atomic mass is 31.2. The van der Waals surface area contributed by atoms with E-state index >= 15 is 0 Å². The van der Waals surface area contributed by atoms with Crippen molar-refractivity contribution in [2.75, 3.05) is 0 Å². The summed E-state index contributed by atoms with van der Waals surface area (Å²) in [6, 6.07) is 7.47. The Morgan fingerprint density at radius 3 is 2.10 bits per heavy atom. The minimum atomic E-state index is -4.27. The van der Waals surface area contributed by atoms with Gasteiger partial charge >= 0.3 is 0 Å². The van der Waals surface area contributed by atoms with E-state index in [1.54, 1.807) is 18.2 Å². The van der Waals surface area contributed by atoms with Gasteiger partial charge in [0.1, 0.15) is 0 Å². The molecule has 3 nitrogen and oxygen atoms in total. The second-order valence-electron chi connectivity index (χ2n) is 1.86. The molecule has 1 N–H and O–H groups in total. The van der Waals surface area contributed by atoms with Crippen LogP contribution in [0.15, 0.2) is 30.3 Å². The first kappa shape index (κ1) is 7.48. The highest BCUT2D eigenvalue weighted by molar-refractivity contribution is 7.58. The van der Waals surface area contributed by atoms with Gasteiger partial charge in [0.05, 0.1) is 0 Å². The van der Waals surface area contributed by atoms with Crippen molar-refractivity contribution in [1.82, 2.24) is 0 Å². The summed E-state index contributed by atoms with van der Waals surface area (Å²) in [4.78, 5) is 18.9. The predicted molar refractivity (Wildman–Crippen MR) is 35.9 cm³/mol. The maximum atomic E-state index is 10.4. The summed E-state index contributed by atoms with van der Waals surface area (Å²) < 4.78 is 10.4. The molecule has 0 fully saturated rings. The van der Waals surface area contributed by atoms with Gasteiger partial charge in [-0.1, -0.05) is 30.3 Å². The fourth-order valence-electron chi connectivity index (χ4n) is 0.616. The van der Waals surface area contributed by atoms with Crippen LogP contribution in [0.25, 0.3) is 0 Å². The molecule has 4 heteroatoms. The fraction of sp³-hybridized carbons (Fsp3) is 0. The van der Waals surface area contributed by atoms with Gasteiger partial charge in [-0.25, -0.2) is 0 Å². The molecule has 0 heterocycles. The van der Waals surface area contributed by atoms with Crippen LogP contribution < -0.4 is 10.2 Å². The summed E-state index contributed by atoms with van der Waals surface area (Å²) >= 11 is 0. The number of hydrogen-bond acceptors (Lipinski definition) is 2. The summed E-state index contributed by atoms with van der Waals surface area (Å²) in [6.07, 6.45) is 0. The maximum Gasteiger partial charge on any atom is 0.162 e. The van der Waals surface area contributed by atoms with Gasteiger partial charge in [-0.3, -0.25) is 0 Å². The van der Waals surface area contributed by atoms with Gasteiger partial charge in [0, 0.05) is 5.30 Å². The van der Waals surface area contributed by atoms with Crippen molar-refractivity contribution in [1.29, 1.82) is 0 Å². The zero-order valence-corrected chi connectivity index (χ0v) is 5.99. The SMILES string of the molecule is O=P([O-])(O)c1ccccc1. The minimum Gasteiger partial charge on any atom is -0.775 e. The van der Waals surface area contributed by atoms with Gasteiger partial charge in [0.25, 0.3) is 0 Å². The van der Waals surface area contributed by atoms with Crippen LogP contribution in [0, 0.1) is 0 Å². The number of rotatable bonds is 1. The Labute approximate surface area is 58.5 Å². The quantitative estimate of drug-likeness (QED) is 0.577. The van der Waals surface area contributed by atoms with Crippen molar-refractivity contribution in [3.8, 4) is 0 Å². The van der Waals surface area contributed by atoms with E-state index in [0.717, 1.165) is 0 Å². The monoisotopic (exact) mass is 157 g/mol. The first-order valence-corrected chi connectivity index (χ1v) is 4.28. The summed E-state index contributed by atoms with van der Waals surface area (Å²) in [5.41, 5.74) is 0. The van der Waals surface area contributed by atoms with Gasteiger partial charge in [0.2, 0.25) is 0 Å². The standard InChI is InChI=1S/C6H7O3P/c7-10(8,9)6-4-2-1-3-5-6/h1-5H,(H2,7,8,9)/p-1. The molecule has 10 heavy (non-hydrogen) atoms. The molecule has 0 aliphatic heterocycles. The molecule has 0 amide bonds. The molecule has 0 saturated heterocycles. The number of hydrogen-bond donors (Lipinski definition) is 1. The van der Waals surface area contributed by atoms with E-state index in [9.17, 15) is 9.46 Å². The largest absolute Gasteiger partial charge is 0.775 e. The van der Waals surface area contributed by atoms with Gasteiger partial charge in [-0.15, -0.1) is 0 Å². The molecule has 0 bridgehead atoms. The van der Waals surface area contributed by atoms with E-state index in [0.29, 0.717) is 0 Å². The molecule has 0 aromatic heterocycles. The molecule has 0 radical (unpaired) electrons. The van der Waals surface area contributed by atoms with Gasteiger partial charge in [0.15, 0.2) is 7.60 Å². The zero-order valence-electron chi connectivity index (χ0n) is 5.10. The van der Waals surface area contributed by atoms with Crippen LogP contribution in [0.5, 0.6) is 0 Å². The summed E-state index contributed by atoms with van der Waals surface area (Å²) in [6.45, 7) is 0. The third-order valence-electron chi connectivity index (χ3n) is 1.08. The summed E-state index contributed by atoms with van der Waals surface area (Å²) in [5, 5.41) is -0.0463. The molecule has 54 valence electrons. The first-order chi connectivity index (χ1) is 4.61. The molecular weight excluding hydrogens is 151 g/mol. The molecular formula is C6H6O3P-. The second-order valence-corrected chi connectivity index (χ2v) is 3.41. The van der Waals surface area contributed by atoms with Gasteiger partial charge < -0.3 is 14.4 Å². The summed E-state index contributed by atoms with van der Waals surface area (Å²) in [5.74, 6) is 0. The average molecular weight is 157 g/mol. The second kappa shape index (κ2) is 2.54. The molecule has 0 spiro atoms. The molecule has 0 saturated carbocycles. The molecule has 0 aliphatic rings. The third kappa shape index (κ3) is 1.67. The van der Waals surface area contributed by atoms with Crippen LogP contribution in [0.1, 0.15) is 0 Å². The lowest BCUT2D eigenvalue weighted by atomic mass is 10.4. The average Bonchev–Trinajstić information content (AvgIpc) is 1.88. The highest BCUT2D eigenvalue weighted by Gasteiger charge is 2.02. The lowest BCUT2D eigenvalue weighted by Gasteiger charge is -2.14. The Hall–Kier alpha value is -0.630. The van der Waals surface area contributed by atoms with Crippen LogP contribution in [0.3, 0.4) is 0 Å². The Morgan fingerprint density at radius 2 is 1.80 bits per heavy atom. The molecule has 1 aromatic carbocycles. The van der Waals surface area contributed by atoms with E-state index in [4.69, 9.17) is 4.89 Å². The van der Waals surface area contributed by atoms with E-state index in [2.05, 4.69) is 0 Å². The van der Waals surface area contributed by atoms with Crippen LogP contribution >= 0.6 is 7.60 Å². The normalized spacial score (nSPS) is 16.2. The lowest BCUT2D eigenvalue weighted by molar-refractivity contribution is -0.188. The van der Waals surface area contributed by atoms with Gasteiger partial charge in [-0.05, 0) is 0 Å². The Balaban J connectivity index is 3.09.